The van der Waals surface area contributed by atoms with Crippen molar-refractivity contribution in [2.75, 3.05) is 0 Å². The molecule has 0 saturated heterocycles. The van der Waals surface area contributed by atoms with E-state index in [1.807, 2.05) is 0 Å². The zero-order valence-electron chi connectivity index (χ0n) is 21.9. The maximum Gasteiger partial charge on any atom is -1.00 e. The monoisotopic (exact) mass is 612 g/mol. The molecule has 0 radical (unpaired) electrons. The van der Waals surface area contributed by atoms with Gasteiger partial charge in [-0.15, -0.1) is 0 Å². The summed E-state index contributed by atoms with van der Waals surface area (Å²) in [7, 11) is 0. The van der Waals surface area contributed by atoms with E-state index in [0.29, 0.717) is 9.54 Å². The van der Waals surface area contributed by atoms with Gasteiger partial charge in [-0.2, -0.15) is 0 Å². The molecule has 2 aliphatic carbocycles. The zero-order valence-corrected chi connectivity index (χ0v) is 25.8. The Hall–Kier alpha value is -2.31. The smallest absolute Gasteiger partial charge is 1.00 e. The van der Waals surface area contributed by atoms with Crippen LogP contribution in [0.5, 0.6) is 0 Å². The Balaban J connectivity index is 0.00000168. The van der Waals surface area contributed by atoms with Gasteiger partial charge in [-0.25, -0.2) is 0 Å². The third kappa shape index (κ3) is 5.53. The van der Waals surface area contributed by atoms with Gasteiger partial charge >= 0.3 is 224 Å². The van der Waals surface area contributed by atoms with E-state index in [1.54, 1.807) is 6.49 Å². The van der Waals surface area contributed by atoms with Crippen molar-refractivity contribution in [3.8, 4) is 11.1 Å². The summed E-state index contributed by atoms with van der Waals surface area (Å²) in [5.74, 6) is 0.679. The SMILES string of the molecule is CC(C)CC1=CC[C]([Zr+2](=[C](c2ccccc2)c2ccccc2)[CH]2c3ccccc3-c3ccccc32)=C1.[Cl-].[Cl-]. The van der Waals surface area contributed by atoms with Gasteiger partial charge in [0.1, 0.15) is 0 Å². The van der Waals surface area contributed by atoms with Crippen LogP contribution in [0.2, 0.25) is 0 Å². The molecule has 6 rings (SSSR count). The summed E-state index contributed by atoms with van der Waals surface area (Å²) in [6.45, 7) is 4.67. The van der Waals surface area contributed by atoms with Gasteiger partial charge in [-0.3, -0.25) is 0 Å². The standard InChI is InChI=1S/C13H9.C13H10.C9H13.2ClH.Zr/c1-3-7-12-10(5-1)9-11-6-2-4-8-13(11)12;1-3-7-12(8-4-1)11-13-9-5-2-6-10-13;1-8(2)7-9-5-3-4-6-9;;;/h1-9H;1-10H;5-6,8H,3,7H2,1-2H3;2*1H;/q;;;;;+2/p-2. The van der Waals surface area contributed by atoms with Gasteiger partial charge in [0.25, 0.3) is 0 Å². The fourth-order valence-corrected chi connectivity index (χ4v) is 15.2. The van der Waals surface area contributed by atoms with Gasteiger partial charge in [0.15, 0.2) is 0 Å². The summed E-state index contributed by atoms with van der Waals surface area (Å²) in [4.78, 5) is 0. The third-order valence-corrected chi connectivity index (χ3v) is 15.7. The minimum Gasteiger partial charge on any atom is -1.00 e. The fourth-order valence-electron chi connectivity index (χ4n) is 6.03. The van der Waals surface area contributed by atoms with Crippen LogP contribution < -0.4 is 24.8 Å². The molecule has 0 amide bonds. The first-order chi connectivity index (χ1) is 17.7. The second kappa shape index (κ2) is 12.7. The van der Waals surface area contributed by atoms with Crippen molar-refractivity contribution in [3.63, 3.8) is 0 Å². The van der Waals surface area contributed by atoms with Crippen LogP contribution in [0, 0.1) is 5.92 Å². The predicted molar refractivity (Wildman–Crippen MR) is 150 cm³/mol. The summed E-state index contributed by atoms with van der Waals surface area (Å²) in [6.07, 6.45) is 7.42. The maximum absolute atomic E-state index is 2.62. The first-order valence-corrected chi connectivity index (χ1v) is 17.0. The van der Waals surface area contributed by atoms with Gasteiger partial charge in [0.05, 0.1) is 0 Å². The first kappa shape index (κ1) is 28.7. The number of hydrogen-bond acceptors (Lipinski definition) is 0. The van der Waals surface area contributed by atoms with E-state index in [9.17, 15) is 0 Å². The normalized spacial score (nSPS) is 13.3. The summed E-state index contributed by atoms with van der Waals surface area (Å²) in [5, 5.41) is 0. The van der Waals surface area contributed by atoms with Crippen LogP contribution in [-0.2, 0) is 21.3 Å². The molecular weight excluding hydrogens is 583 g/mol. The van der Waals surface area contributed by atoms with Crippen LogP contribution in [0.15, 0.2) is 130 Å². The topological polar surface area (TPSA) is 0 Å². The number of hydrogen-bond donors (Lipinski definition) is 0. The molecule has 4 aromatic rings. The van der Waals surface area contributed by atoms with E-state index in [0.717, 1.165) is 6.42 Å². The molecule has 0 aromatic heterocycles. The third-order valence-electron chi connectivity index (χ3n) is 7.45. The minimum atomic E-state index is -2.57. The van der Waals surface area contributed by atoms with Crippen LogP contribution in [0.25, 0.3) is 11.1 Å². The molecule has 0 nitrogen and oxygen atoms in total. The number of fused-ring (bicyclic) bond motifs is 3. The zero-order chi connectivity index (χ0) is 24.5. The van der Waals surface area contributed by atoms with Gasteiger partial charge in [-0.1, -0.05) is 0 Å². The summed E-state index contributed by atoms with van der Waals surface area (Å²) in [5.41, 5.74) is 10.3. The number of halogens is 2. The van der Waals surface area contributed by atoms with Gasteiger partial charge in [0, 0.05) is 0 Å². The van der Waals surface area contributed by atoms with E-state index in [2.05, 4.69) is 135 Å². The Kier molecular flexibility index (Phi) is 9.59. The van der Waals surface area contributed by atoms with Crippen molar-refractivity contribution in [2.45, 2.75) is 30.3 Å². The summed E-state index contributed by atoms with van der Waals surface area (Å²) < 4.78 is 3.83. The van der Waals surface area contributed by atoms with Crippen molar-refractivity contribution in [1.29, 1.82) is 0 Å². The first-order valence-electron chi connectivity index (χ1n) is 13.1. The van der Waals surface area contributed by atoms with Crippen LogP contribution in [0.1, 0.15) is 52.6 Å². The second-order valence-corrected chi connectivity index (χ2v) is 16.6. The molecule has 0 unspecified atom stereocenters. The molecule has 2 aliphatic rings. The summed E-state index contributed by atoms with van der Waals surface area (Å²) in [6, 6.07) is 40.9. The van der Waals surface area contributed by atoms with E-state index in [4.69, 9.17) is 0 Å². The van der Waals surface area contributed by atoms with E-state index < -0.39 is 21.3 Å². The molecule has 0 saturated carbocycles. The van der Waals surface area contributed by atoms with Crippen LogP contribution in [0.3, 0.4) is 0 Å². The molecule has 0 aliphatic heterocycles. The number of benzene rings is 4. The molecule has 38 heavy (non-hydrogen) atoms. The number of rotatable bonds is 6. The van der Waals surface area contributed by atoms with Crippen LogP contribution >= 0.6 is 0 Å². The van der Waals surface area contributed by atoms with Crippen molar-refractivity contribution >= 4 is 3.21 Å². The van der Waals surface area contributed by atoms with Crippen LogP contribution in [0.4, 0.5) is 0 Å². The minimum absolute atomic E-state index is 0. The van der Waals surface area contributed by atoms with Gasteiger partial charge < -0.3 is 24.8 Å². The predicted octanol–water partition coefficient (Wildman–Crippen LogP) is 2.91. The molecule has 0 spiro atoms. The summed E-state index contributed by atoms with van der Waals surface area (Å²) >= 11 is -2.57. The molecule has 0 fully saturated rings. The van der Waals surface area contributed by atoms with Crippen molar-refractivity contribution < 1.29 is 46.1 Å². The molecule has 0 N–H and O–H groups in total. The molecule has 0 atom stereocenters. The van der Waals surface area contributed by atoms with Crippen LogP contribution in [-0.4, -0.2) is 3.21 Å². The molecule has 4 aromatic carbocycles. The van der Waals surface area contributed by atoms with Crippen molar-refractivity contribution in [3.05, 3.63) is 152 Å². The number of allylic oxidation sites excluding steroid dienone is 4. The molecule has 190 valence electrons. The van der Waals surface area contributed by atoms with E-state index in [1.165, 1.54) is 45.4 Å². The Labute approximate surface area is 247 Å². The molecular formula is C35H32Cl2Zr. The molecule has 0 heterocycles. The van der Waals surface area contributed by atoms with E-state index in [-0.39, 0.29) is 24.8 Å². The Morgan fingerprint density at radius 3 is 1.66 bits per heavy atom. The van der Waals surface area contributed by atoms with E-state index >= 15 is 0 Å². The fraction of sp³-hybridized carbons (Fsp3) is 0.171. The Bertz CT molecular complexity index is 1410. The molecule has 3 heteroatoms. The van der Waals surface area contributed by atoms with Gasteiger partial charge in [0.2, 0.25) is 0 Å². The Morgan fingerprint density at radius 2 is 1.16 bits per heavy atom. The molecule has 0 bridgehead atoms. The average Bonchev–Trinajstić information content (AvgIpc) is 3.50. The van der Waals surface area contributed by atoms with Crippen molar-refractivity contribution in [2.24, 2.45) is 5.92 Å². The average molecular weight is 615 g/mol. The van der Waals surface area contributed by atoms with Crippen molar-refractivity contribution in [1.82, 2.24) is 0 Å². The Morgan fingerprint density at radius 1 is 0.684 bits per heavy atom. The quantitative estimate of drug-likeness (QED) is 0.314. The second-order valence-electron chi connectivity index (χ2n) is 10.4. The largest absolute Gasteiger partial charge is 1.00 e. The van der Waals surface area contributed by atoms with Gasteiger partial charge in [-0.05, 0) is 0 Å². The maximum atomic E-state index is 2.62.